The maximum Gasteiger partial charge on any atom is 0.230 e. The summed E-state index contributed by atoms with van der Waals surface area (Å²) in [5.74, 6) is 1.02. The van der Waals surface area contributed by atoms with Crippen LogP contribution in [0.2, 0.25) is 5.15 Å². The van der Waals surface area contributed by atoms with Gasteiger partial charge < -0.3 is 10.2 Å². The molecule has 140 valence electrons. The molecular weight excluding hydrogens is 368 g/mol. The highest BCUT2D eigenvalue weighted by Crippen LogP contribution is 2.22. The summed E-state index contributed by atoms with van der Waals surface area (Å²) in [5, 5.41) is 3.80. The number of hydrogen-bond acceptors (Lipinski definition) is 5. The van der Waals surface area contributed by atoms with Gasteiger partial charge in [-0.1, -0.05) is 73.5 Å². The van der Waals surface area contributed by atoms with Gasteiger partial charge in [0.25, 0.3) is 0 Å². The van der Waals surface area contributed by atoms with Crippen LogP contribution in [0.4, 0.5) is 5.82 Å². The van der Waals surface area contributed by atoms with E-state index in [1.807, 2.05) is 30.1 Å². The molecule has 1 aromatic carbocycles. The Kier molecular flexibility index (Phi) is 8.71. The summed E-state index contributed by atoms with van der Waals surface area (Å²) in [6.45, 7) is 3.57. The van der Waals surface area contributed by atoms with Crippen LogP contribution in [-0.2, 0) is 11.3 Å². The Balaban J connectivity index is 1.91. The summed E-state index contributed by atoms with van der Waals surface area (Å²) >= 11 is 7.44. The number of rotatable bonds is 10. The predicted octanol–water partition coefficient (Wildman–Crippen LogP) is 4.16. The lowest BCUT2D eigenvalue weighted by molar-refractivity contribution is -0.118. The number of benzene rings is 1. The van der Waals surface area contributed by atoms with Gasteiger partial charge in [-0.3, -0.25) is 4.79 Å². The van der Waals surface area contributed by atoms with E-state index in [-0.39, 0.29) is 11.7 Å². The molecule has 7 heteroatoms. The van der Waals surface area contributed by atoms with Crippen LogP contribution in [0.5, 0.6) is 0 Å². The summed E-state index contributed by atoms with van der Waals surface area (Å²) in [6.07, 6.45) is 3.27. The number of thioether (sulfide) groups is 1. The summed E-state index contributed by atoms with van der Waals surface area (Å²) in [4.78, 5) is 22.6. The molecule has 0 aliphatic carbocycles. The molecule has 0 unspecified atom stereocenters. The molecule has 0 aliphatic rings. The number of nitrogens with zero attached hydrogens (tertiary/aromatic N) is 3. The standard InChI is InChI=1S/C19H25ClN4OS/c1-3-4-8-11-21-18(25)14-26-19-22-16(20)12-17(23-19)24(2)13-15-9-6-5-7-10-15/h5-7,9-10,12H,3-4,8,11,13-14H2,1-2H3,(H,21,25). The second-order valence-electron chi connectivity index (χ2n) is 6.02. The molecule has 1 N–H and O–H groups in total. The van der Waals surface area contributed by atoms with E-state index in [1.165, 1.54) is 17.3 Å². The molecule has 2 aromatic rings. The van der Waals surface area contributed by atoms with Crippen LogP contribution < -0.4 is 10.2 Å². The highest BCUT2D eigenvalue weighted by atomic mass is 35.5. The van der Waals surface area contributed by atoms with Crippen molar-refractivity contribution in [3.8, 4) is 0 Å². The SMILES string of the molecule is CCCCCNC(=O)CSc1nc(Cl)cc(N(C)Cc2ccccc2)n1. The maximum atomic E-state index is 11.9. The number of carbonyl (C=O) groups excluding carboxylic acids is 1. The van der Waals surface area contributed by atoms with Crippen molar-refractivity contribution in [2.75, 3.05) is 24.2 Å². The van der Waals surface area contributed by atoms with E-state index in [0.717, 1.165) is 31.6 Å². The minimum Gasteiger partial charge on any atom is -0.355 e. The van der Waals surface area contributed by atoms with Crippen LogP contribution in [0, 0.1) is 0 Å². The Morgan fingerprint density at radius 1 is 1.23 bits per heavy atom. The Labute approximate surface area is 164 Å². The highest BCUT2D eigenvalue weighted by Gasteiger charge is 2.10. The van der Waals surface area contributed by atoms with E-state index >= 15 is 0 Å². The number of unbranched alkanes of at least 4 members (excludes halogenated alkanes) is 2. The monoisotopic (exact) mass is 392 g/mol. The minimum atomic E-state index is -0.00568. The Morgan fingerprint density at radius 2 is 2.00 bits per heavy atom. The number of carbonyl (C=O) groups is 1. The minimum absolute atomic E-state index is 0.00568. The first kappa shape index (κ1) is 20.5. The van der Waals surface area contributed by atoms with Gasteiger partial charge in [0.15, 0.2) is 5.16 Å². The molecular formula is C19H25ClN4OS. The Hall–Kier alpha value is -1.79. The summed E-state index contributed by atoms with van der Waals surface area (Å²) < 4.78 is 0. The second kappa shape index (κ2) is 11.0. The van der Waals surface area contributed by atoms with Gasteiger partial charge in [-0.25, -0.2) is 9.97 Å². The van der Waals surface area contributed by atoms with E-state index in [1.54, 1.807) is 6.07 Å². The van der Waals surface area contributed by atoms with Crippen molar-refractivity contribution in [1.82, 2.24) is 15.3 Å². The second-order valence-corrected chi connectivity index (χ2v) is 7.35. The van der Waals surface area contributed by atoms with Crippen LogP contribution in [0.3, 0.4) is 0 Å². The first-order valence-electron chi connectivity index (χ1n) is 8.77. The van der Waals surface area contributed by atoms with Gasteiger partial charge in [0, 0.05) is 26.2 Å². The molecule has 1 aromatic heterocycles. The fourth-order valence-electron chi connectivity index (χ4n) is 2.37. The van der Waals surface area contributed by atoms with Crippen molar-refractivity contribution < 1.29 is 4.79 Å². The van der Waals surface area contributed by atoms with Gasteiger partial charge in [0.1, 0.15) is 11.0 Å². The summed E-state index contributed by atoms with van der Waals surface area (Å²) in [5.41, 5.74) is 1.19. The van der Waals surface area contributed by atoms with Crippen LogP contribution in [-0.4, -0.2) is 35.2 Å². The molecule has 1 amide bonds. The van der Waals surface area contributed by atoms with E-state index in [0.29, 0.717) is 16.9 Å². The fraction of sp³-hybridized carbons (Fsp3) is 0.421. The zero-order valence-corrected chi connectivity index (χ0v) is 16.8. The van der Waals surface area contributed by atoms with E-state index < -0.39 is 0 Å². The molecule has 0 saturated carbocycles. The summed E-state index contributed by atoms with van der Waals surface area (Å²) in [7, 11) is 1.96. The lowest BCUT2D eigenvalue weighted by atomic mass is 10.2. The number of anilines is 1. The highest BCUT2D eigenvalue weighted by molar-refractivity contribution is 7.99. The van der Waals surface area contributed by atoms with Crippen LogP contribution in [0.15, 0.2) is 41.6 Å². The number of aromatic nitrogens is 2. The lowest BCUT2D eigenvalue weighted by Crippen LogP contribution is -2.26. The van der Waals surface area contributed by atoms with Crippen molar-refractivity contribution in [3.05, 3.63) is 47.1 Å². The number of hydrogen-bond donors (Lipinski definition) is 1. The summed E-state index contributed by atoms with van der Waals surface area (Å²) in [6, 6.07) is 11.9. The molecule has 5 nitrogen and oxygen atoms in total. The molecule has 2 rings (SSSR count). The zero-order chi connectivity index (χ0) is 18.8. The normalized spacial score (nSPS) is 10.6. The number of amides is 1. The third-order valence-electron chi connectivity index (χ3n) is 3.75. The first-order valence-corrected chi connectivity index (χ1v) is 10.1. The average molecular weight is 393 g/mol. The lowest BCUT2D eigenvalue weighted by Gasteiger charge is -2.18. The third kappa shape index (κ3) is 7.22. The quantitative estimate of drug-likeness (QED) is 0.284. The molecule has 0 bridgehead atoms. The van der Waals surface area contributed by atoms with Gasteiger partial charge in [-0.15, -0.1) is 0 Å². The topological polar surface area (TPSA) is 58.1 Å². The molecule has 0 saturated heterocycles. The largest absolute Gasteiger partial charge is 0.355 e. The van der Waals surface area contributed by atoms with Crippen molar-refractivity contribution in [2.24, 2.45) is 0 Å². The van der Waals surface area contributed by atoms with Gasteiger partial charge >= 0.3 is 0 Å². The first-order chi connectivity index (χ1) is 12.6. The predicted molar refractivity (Wildman–Crippen MR) is 109 cm³/mol. The van der Waals surface area contributed by atoms with E-state index in [9.17, 15) is 4.79 Å². The van der Waals surface area contributed by atoms with Gasteiger partial charge in [-0.2, -0.15) is 0 Å². The zero-order valence-electron chi connectivity index (χ0n) is 15.2. The van der Waals surface area contributed by atoms with Crippen LogP contribution in [0.25, 0.3) is 0 Å². The third-order valence-corrected chi connectivity index (χ3v) is 4.79. The fourth-order valence-corrected chi connectivity index (χ4v) is 3.28. The Bertz CT molecular complexity index is 699. The van der Waals surface area contributed by atoms with E-state index in [2.05, 4.69) is 34.3 Å². The smallest absolute Gasteiger partial charge is 0.230 e. The Morgan fingerprint density at radius 3 is 2.73 bits per heavy atom. The molecule has 0 radical (unpaired) electrons. The molecule has 1 heterocycles. The van der Waals surface area contributed by atoms with Crippen molar-refractivity contribution >= 4 is 35.1 Å². The molecule has 0 atom stereocenters. The van der Waals surface area contributed by atoms with Crippen molar-refractivity contribution in [2.45, 2.75) is 37.9 Å². The molecule has 0 spiro atoms. The van der Waals surface area contributed by atoms with E-state index in [4.69, 9.17) is 11.6 Å². The molecule has 26 heavy (non-hydrogen) atoms. The van der Waals surface area contributed by atoms with Crippen molar-refractivity contribution in [1.29, 1.82) is 0 Å². The molecule has 0 aliphatic heterocycles. The molecule has 0 fully saturated rings. The van der Waals surface area contributed by atoms with Crippen LogP contribution >= 0.6 is 23.4 Å². The van der Waals surface area contributed by atoms with Crippen molar-refractivity contribution in [3.63, 3.8) is 0 Å². The maximum absolute atomic E-state index is 11.9. The van der Waals surface area contributed by atoms with Gasteiger partial charge in [0.05, 0.1) is 5.75 Å². The number of halogens is 1. The average Bonchev–Trinajstić information content (AvgIpc) is 2.64. The number of nitrogens with one attached hydrogen (secondary N) is 1. The van der Waals surface area contributed by atoms with Gasteiger partial charge in [0.2, 0.25) is 5.91 Å². The van der Waals surface area contributed by atoms with Gasteiger partial charge in [-0.05, 0) is 12.0 Å². The van der Waals surface area contributed by atoms with Crippen LogP contribution in [0.1, 0.15) is 31.7 Å².